The number of carbonyl (C=O) groups excluding carboxylic acids is 1. The van der Waals surface area contributed by atoms with Gasteiger partial charge in [0.05, 0.1) is 12.9 Å². The Morgan fingerprint density at radius 2 is 1.81 bits per heavy atom. The Hall–Kier alpha value is -3.26. The van der Waals surface area contributed by atoms with E-state index in [9.17, 15) is 4.79 Å². The maximum absolute atomic E-state index is 12.4. The van der Waals surface area contributed by atoms with Gasteiger partial charge in [0.15, 0.2) is 17.3 Å². The monoisotopic (exact) mass is 377 g/mol. The van der Waals surface area contributed by atoms with Gasteiger partial charge < -0.3 is 4.74 Å². The lowest BCUT2D eigenvalue weighted by Crippen LogP contribution is -2.03. The summed E-state index contributed by atoms with van der Waals surface area (Å²) >= 11 is 1.37. The number of hydrogen-bond donors (Lipinski definition) is 0. The van der Waals surface area contributed by atoms with Crippen molar-refractivity contribution in [3.05, 3.63) is 66.5 Å². The van der Waals surface area contributed by atoms with Gasteiger partial charge in [0, 0.05) is 23.5 Å². The number of carbonyl (C=O) groups is 1. The highest BCUT2D eigenvalue weighted by Crippen LogP contribution is 2.21. The van der Waals surface area contributed by atoms with Gasteiger partial charge in [0.2, 0.25) is 0 Å². The van der Waals surface area contributed by atoms with Gasteiger partial charge >= 0.3 is 0 Å². The van der Waals surface area contributed by atoms with Crippen molar-refractivity contribution < 1.29 is 9.53 Å². The van der Waals surface area contributed by atoms with Crippen LogP contribution in [0.3, 0.4) is 0 Å². The van der Waals surface area contributed by atoms with E-state index in [2.05, 4.69) is 20.3 Å². The molecule has 0 bridgehead atoms. The van der Waals surface area contributed by atoms with E-state index in [1.54, 1.807) is 48.3 Å². The van der Waals surface area contributed by atoms with E-state index in [0.717, 1.165) is 16.3 Å². The molecule has 0 fully saturated rings. The maximum Gasteiger partial charge on any atom is 0.185 e. The van der Waals surface area contributed by atoms with Gasteiger partial charge in [0.25, 0.3) is 0 Å². The van der Waals surface area contributed by atoms with E-state index < -0.39 is 0 Å². The van der Waals surface area contributed by atoms with Gasteiger partial charge in [-0.15, -0.1) is 10.2 Å². The molecule has 0 amide bonds. The van der Waals surface area contributed by atoms with Gasteiger partial charge in [-0.2, -0.15) is 9.61 Å². The van der Waals surface area contributed by atoms with Crippen LogP contribution < -0.4 is 4.74 Å². The van der Waals surface area contributed by atoms with Crippen LogP contribution in [0.2, 0.25) is 0 Å². The molecule has 8 heteroatoms. The van der Waals surface area contributed by atoms with Crippen molar-refractivity contribution in [1.82, 2.24) is 24.8 Å². The number of pyridine rings is 1. The zero-order chi connectivity index (χ0) is 18.6. The third-order valence-corrected chi connectivity index (χ3v) is 4.86. The summed E-state index contributed by atoms with van der Waals surface area (Å²) in [6, 6.07) is 14.5. The van der Waals surface area contributed by atoms with Crippen molar-refractivity contribution in [3.63, 3.8) is 0 Å². The molecule has 27 heavy (non-hydrogen) atoms. The minimum Gasteiger partial charge on any atom is -0.497 e. The molecule has 3 aromatic heterocycles. The average molecular weight is 377 g/mol. The number of aromatic nitrogens is 5. The highest BCUT2D eigenvalue weighted by atomic mass is 32.2. The molecule has 134 valence electrons. The summed E-state index contributed by atoms with van der Waals surface area (Å²) in [6.45, 7) is 0. The van der Waals surface area contributed by atoms with Crippen molar-refractivity contribution in [2.45, 2.75) is 5.03 Å². The number of ether oxygens (including phenoxy) is 1. The van der Waals surface area contributed by atoms with Crippen LogP contribution in [0.5, 0.6) is 5.75 Å². The lowest BCUT2D eigenvalue weighted by Gasteiger charge is -2.04. The van der Waals surface area contributed by atoms with Crippen molar-refractivity contribution in [2.24, 2.45) is 0 Å². The van der Waals surface area contributed by atoms with Gasteiger partial charge in [-0.05, 0) is 48.5 Å². The molecule has 4 rings (SSSR count). The fourth-order valence-electron chi connectivity index (χ4n) is 2.53. The molecule has 0 aliphatic rings. The molecular weight excluding hydrogens is 362 g/mol. The molecule has 1 aromatic carbocycles. The second-order valence-corrected chi connectivity index (χ2v) is 6.64. The predicted molar refractivity (Wildman–Crippen MR) is 102 cm³/mol. The first-order chi connectivity index (χ1) is 13.2. The highest BCUT2D eigenvalue weighted by Gasteiger charge is 2.12. The molecular formula is C19H15N5O2S. The summed E-state index contributed by atoms with van der Waals surface area (Å²) in [4.78, 5) is 16.4. The Labute approximate surface area is 159 Å². The lowest BCUT2D eigenvalue weighted by molar-refractivity contribution is 0.102. The minimum atomic E-state index is 0.0302. The zero-order valence-corrected chi connectivity index (χ0v) is 15.3. The van der Waals surface area contributed by atoms with Crippen LogP contribution in [0, 0.1) is 0 Å². The molecule has 0 radical (unpaired) electrons. The number of fused-ring (bicyclic) bond motifs is 1. The molecule has 0 aliphatic heterocycles. The summed E-state index contributed by atoms with van der Waals surface area (Å²) in [5, 5.41) is 13.6. The molecule has 0 N–H and O–H groups in total. The molecule has 0 saturated carbocycles. The number of methoxy groups -OCH3 is 1. The number of hydrogen-bond acceptors (Lipinski definition) is 7. The lowest BCUT2D eigenvalue weighted by atomic mass is 10.1. The minimum absolute atomic E-state index is 0.0302. The fraction of sp³-hybridized carbons (Fsp3) is 0.105. The third-order valence-electron chi connectivity index (χ3n) is 3.94. The molecule has 0 unspecified atom stereocenters. The van der Waals surface area contributed by atoms with Crippen LogP contribution in [0.15, 0.2) is 66.0 Å². The molecule has 0 atom stereocenters. The Morgan fingerprint density at radius 1 is 1.04 bits per heavy atom. The summed E-state index contributed by atoms with van der Waals surface area (Å²) in [6.07, 6.45) is 3.39. The molecule has 0 spiro atoms. The second-order valence-electron chi connectivity index (χ2n) is 5.64. The van der Waals surface area contributed by atoms with Crippen LogP contribution >= 0.6 is 11.8 Å². The first kappa shape index (κ1) is 17.2. The number of rotatable bonds is 6. The number of Topliss-reactive ketones (excluding diaryl/α,β-unsaturated/α-hetero) is 1. The highest BCUT2D eigenvalue weighted by molar-refractivity contribution is 7.99. The molecule has 0 saturated heterocycles. The molecule has 4 aromatic rings. The first-order valence-corrected chi connectivity index (χ1v) is 9.16. The fourth-order valence-corrected chi connectivity index (χ4v) is 3.28. The SMILES string of the molecule is COc1ccc(C(=O)CSc2ccc3nnc(-c4ccncc4)n3n2)cc1. The Balaban J connectivity index is 1.53. The van der Waals surface area contributed by atoms with Crippen molar-refractivity contribution in [2.75, 3.05) is 12.9 Å². The quantitative estimate of drug-likeness (QED) is 0.377. The smallest absolute Gasteiger partial charge is 0.185 e. The van der Waals surface area contributed by atoms with Crippen LogP contribution in [0.4, 0.5) is 0 Å². The van der Waals surface area contributed by atoms with E-state index in [4.69, 9.17) is 4.74 Å². The standard InChI is InChI=1S/C19H15N5O2S/c1-26-15-4-2-13(3-5-15)16(25)12-27-18-7-6-17-21-22-19(24(17)23-18)14-8-10-20-11-9-14/h2-11H,12H2,1H3. The normalized spacial score (nSPS) is 10.9. The van der Waals surface area contributed by atoms with Gasteiger partial charge in [0.1, 0.15) is 10.8 Å². The topological polar surface area (TPSA) is 82.3 Å². The molecule has 0 aliphatic carbocycles. The Morgan fingerprint density at radius 3 is 2.56 bits per heavy atom. The van der Waals surface area contributed by atoms with Crippen LogP contribution in [0.25, 0.3) is 17.0 Å². The zero-order valence-electron chi connectivity index (χ0n) is 14.4. The number of ketones is 1. The van der Waals surface area contributed by atoms with Crippen LogP contribution in [0.1, 0.15) is 10.4 Å². The molecule has 7 nitrogen and oxygen atoms in total. The van der Waals surface area contributed by atoms with Gasteiger partial charge in [-0.3, -0.25) is 9.78 Å². The summed E-state index contributed by atoms with van der Waals surface area (Å²) < 4.78 is 6.79. The van der Waals surface area contributed by atoms with Crippen molar-refractivity contribution in [3.8, 4) is 17.1 Å². The van der Waals surface area contributed by atoms with Gasteiger partial charge in [-0.1, -0.05) is 11.8 Å². The van der Waals surface area contributed by atoms with Gasteiger partial charge in [-0.25, -0.2) is 0 Å². The summed E-state index contributed by atoms with van der Waals surface area (Å²) in [5.41, 5.74) is 2.17. The van der Waals surface area contributed by atoms with Crippen molar-refractivity contribution in [1.29, 1.82) is 0 Å². The Kier molecular flexibility index (Phi) is 4.80. The summed E-state index contributed by atoms with van der Waals surface area (Å²) in [7, 11) is 1.60. The summed E-state index contributed by atoms with van der Waals surface area (Å²) in [5.74, 6) is 1.68. The van der Waals surface area contributed by atoms with Crippen molar-refractivity contribution >= 4 is 23.2 Å². The number of benzene rings is 1. The maximum atomic E-state index is 12.4. The number of thioether (sulfide) groups is 1. The van der Waals surface area contributed by atoms with E-state index in [1.807, 2.05) is 24.3 Å². The third kappa shape index (κ3) is 3.65. The second kappa shape index (κ2) is 7.55. The average Bonchev–Trinajstić information content (AvgIpc) is 3.16. The van der Waals surface area contributed by atoms with E-state index >= 15 is 0 Å². The predicted octanol–water partition coefficient (Wildman–Crippen LogP) is 3.17. The van der Waals surface area contributed by atoms with E-state index in [-0.39, 0.29) is 11.5 Å². The van der Waals surface area contributed by atoms with E-state index in [1.165, 1.54) is 11.8 Å². The molecule has 3 heterocycles. The Bertz CT molecular complexity index is 1080. The first-order valence-electron chi connectivity index (χ1n) is 8.17. The largest absolute Gasteiger partial charge is 0.497 e. The van der Waals surface area contributed by atoms with Crippen LogP contribution in [-0.4, -0.2) is 43.4 Å². The van der Waals surface area contributed by atoms with Crippen LogP contribution in [-0.2, 0) is 0 Å². The van der Waals surface area contributed by atoms with E-state index in [0.29, 0.717) is 17.0 Å². The number of nitrogens with zero attached hydrogens (tertiary/aromatic N) is 5.